The molecule has 0 fully saturated rings. The maximum atomic E-state index is 11.0. The fourth-order valence-electron chi connectivity index (χ4n) is 1.80. The summed E-state index contributed by atoms with van der Waals surface area (Å²) in [6.07, 6.45) is 0.650. The van der Waals surface area contributed by atoms with Crippen molar-refractivity contribution in [3.8, 4) is 17.2 Å². The quantitative estimate of drug-likeness (QED) is 0.774. The van der Waals surface area contributed by atoms with Gasteiger partial charge in [-0.15, -0.1) is 0 Å². The number of carbonyl (C=O) groups is 1. The Kier molecular flexibility index (Phi) is 3.32. The Morgan fingerprint density at radius 2 is 1.61 bits per heavy atom. The van der Waals surface area contributed by atoms with Crippen LogP contribution >= 0.6 is 0 Å². The molecule has 0 saturated carbocycles. The highest BCUT2D eigenvalue weighted by Gasteiger charge is 2.13. The zero-order valence-electron chi connectivity index (χ0n) is 10.4. The highest BCUT2D eigenvalue weighted by molar-refractivity contribution is 5.94. The molecule has 2 aromatic rings. The van der Waals surface area contributed by atoms with Gasteiger partial charge in [-0.05, 0) is 18.2 Å². The van der Waals surface area contributed by atoms with Gasteiger partial charge in [0.15, 0.2) is 6.29 Å². The summed E-state index contributed by atoms with van der Waals surface area (Å²) in [6, 6.07) is 5.24. The minimum absolute atomic E-state index is 0.233. The van der Waals surface area contributed by atoms with Gasteiger partial charge >= 0.3 is 0 Å². The normalized spacial score (nSPS) is 10.2. The van der Waals surface area contributed by atoms with E-state index in [1.165, 1.54) is 7.11 Å². The average Bonchev–Trinajstić information content (AvgIpc) is 2.44. The van der Waals surface area contributed by atoms with Gasteiger partial charge < -0.3 is 14.2 Å². The summed E-state index contributed by atoms with van der Waals surface area (Å²) in [5.74, 6) is 1.63. The van der Waals surface area contributed by atoms with Gasteiger partial charge in [0.1, 0.15) is 28.5 Å². The zero-order valence-corrected chi connectivity index (χ0v) is 10.4. The molecule has 0 amide bonds. The molecule has 0 atom stereocenters. The summed E-state index contributed by atoms with van der Waals surface area (Å²) in [7, 11) is 4.61. The third kappa shape index (κ3) is 1.84. The molecule has 5 heteroatoms. The topological polar surface area (TPSA) is 57.6 Å². The average molecular weight is 247 g/mol. The van der Waals surface area contributed by atoms with E-state index in [2.05, 4.69) is 4.98 Å². The van der Waals surface area contributed by atoms with Crippen LogP contribution in [0.1, 0.15) is 10.5 Å². The van der Waals surface area contributed by atoms with Gasteiger partial charge in [-0.2, -0.15) is 0 Å². The lowest BCUT2D eigenvalue weighted by molar-refractivity contribution is 0.111. The molecule has 0 aliphatic carbocycles. The molecular weight excluding hydrogens is 234 g/mol. The number of hydrogen-bond donors (Lipinski definition) is 0. The standard InChI is InChI=1S/C13H13NO4/c1-16-10-4-5-11(17-2)13-8(10)6-12(18-3)9(7-15)14-13/h4-7H,1-3H3. The molecule has 0 unspecified atom stereocenters. The largest absolute Gasteiger partial charge is 0.496 e. The molecule has 0 saturated heterocycles. The summed E-state index contributed by atoms with van der Waals surface area (Å²) in [4.78, 5) is 15.2. The summed E-state index contributed by atoms with van der Waals surface area (Å²) >= 11 is 0. The van der Waals surface area contributed by atoms with Crippen molar-refractivity contribution in [2.75, 3.05) is 21.3 Å². The van der Waals surface area contributed by atoms with E-state index in [9.17, 15) is 4.79 Å². The third-order valence-electron chi connectivity index (χ3n) is 2.67. The number of aromatic nitrogens is 1. The fourth-order valence-corrected chi connectivity index (χ4v) is 1.80. The van der Waals surface area contributed by atoms with E-state index in [1.807, 2.05) is 0 Å². The lowest BCUT2D eigenvalue weighted by atomic mass is 10.1. The van der Waals surface area contributed by atoms with Crippen LogP contribution < -0.4 is 14.2 Å². The predicted octanol–water partition coefficient (Wildman–Crippen LogP) is 2.07. The number of ether oxygens (including phenoxy) is 3. The Morgan fingerprint density at radius 3 is 2.17 bits per heavy atom. The van der Waals surface area contributed by atoms with Crippen LogP contribution in [0.25, 0.3) is 10.9 Å². The highest BCUT2D eigenvalue weighted by Crippen LogP contribution is 2.34. The first-order chi connectivity index (χ1) is 8.74. The number of nitrogens with zero attached hydrogens (tertiary/aromatic N) is 1. The van der Waals surface area contributed by atoms with Crippen LogP contribution in [0.3, 0.4) is 0 Å². The molecule has 0 bridgehead atoms. The second-order valence-corrected chi connectivity index (χ2v) is 3.56. The Bertz CT molecular complexity index is 595. The summed E-state index contributed by atoms with van der Waals surface area (Å²) in [6.45, 7) is 0. The zero-order chi connectivity index (χ0) is 13.1. The van der Waals surface area contributed by atoms with Gasteiger partial charge in [0, 0.05) is 5.39 Å². The maximum absolute atomic E-state index is 11.0. The molecule has 1 heterocycles. The van der Waals surface area contributed by atoms with E-state index in [-0.39, 0.29) is 5.69 Å². The second kappa shape index (κ2) is 4.91. The van der Waals surface area contributed by atoms with Crippen molar-refractivity contribution in [3.63, 3.8) is 0 Å². The van der Waals surface area contributed by atoms with Gasteiger partial charge in [-0.3, -0.25) is 4.79 Å². The van der Waals surface area contributed by atoms with Crippen LogP contribution in [0.4, 0.5) is 0 Å². The van der Waals surface area contributed by atoms with E-state index in [1.54, 1.807) is 32.4 Å². The number of carbonyl (C=O) groups excluding carboxylic acids is 1. The number of methoxy groups -OCH3 is 3. The van der Waals surface area contributed by atoms with Crippen LogP contribution in [0.2, 0.25) is 0 Å². The van der Waals surface area contributed by atoms with Gasteiger partial charge in [0.25, 0.3) is 0 Å². The molecule has 0 spiro atoms. The first-order valence-corrected chi connectivity index (χ1v) is 5.30. The molecule has 1 aromatic carbocycles. The minimum Gasteiger partial charge on any atom is -0.496 e. The Morgan fingerprint density at radius 1 is 1.00 bits per heavy atom. The lowest BCUT2D eigenvalue weighted by Crippen LogP contribution is -1.98. The molecule has 0 radical (unpaired) electrons. The Labute approximate surface area is 104 Å². The van der Waals surface area contributed by atoms with Crippen LogP contribution in [-0.2, 0) is 0 Å². The van der Waals surface area contributed by atoms with Gasteiger partial charge in [-0.1, -0.05) is 0 Å². The number of benzene rings is 1. The first kappa shape index (κ1) is 12.2. The van der Waals surface area contributed by atoms with Crippen LogP contribution in [-0.4, -0.2) is 32.6 Å². The monoisotopic (exact) mass is 247 g/mol. The fraction of sp³-hybridized carbons (Fsp3) is 0.231. The summed E-state index contributed by atoms with van der Waals surface area (Å²) in [5, 5.41) is 0.735. The SMILES string of the molecule is COc1cc2c(OC)ccc(OC)c2nc1C=O. The predicted molar refractivity (Wildman–Crippen MR) is 66.8 cm³/mol. The molecule has 18 heavy (non-hydrogen) atoms. The number of fused-ring (bicyclic) bond motifs is 1. The summed E-state index contributed by atoms with van der Waals surface area (Å²) < 4.78 is 15.6. The van der Waals surface area contributed by atoms with Gasteiger partial charge in [0.2, 0.25) is 0 Å². The van der Waals surface area contributed by atoms with Crippen LogP contribution in [0.5, 0.6) is 17.2 Å². The molecule has 2 rings (SSSR count). The van der Waals surface area contributed by atoms with E-state index < -0.39 is 0 Å². The molecule has 94 valence electrons. The number of rotatable bonds is 4. The first-order valence-electron chi connectivity index (χ1n) is 5.30. The van der Waals surface area contributed by atoms with Crippen LogP contribution in [0.15, 0.2) is 18.2 Å². The van der Waals surface area contributed by atoms with Crippen LogP contribution in [0, 0.1) is 0 Å². The lowest BCUT2D eigenvalue weighted by Gasteiger charge is -2.11. The third-order valence-corrected chi connectivity index (χ3v) is 2.67. The van der Waals surface area contributed by atoms with Crippen molar-refractivity contribution in [2.45, 2.75) is 0 Å². The number of aldehydes is 1. The van der Waals surface area contributed by atoms with Crippen molar-refractivity contribution in [2.24, 2.45) is 0 Å². The van der Waals surface area contributed by atoms with Crippen molar-refractivity contribution in [3.05, 3.63) is 23.9 Å². The van der Waals surface area contributed by atoms with E-state index in [0.29, 0.717) is 29.1 Å². The Hall–Kier alpha value is -2.30. The van der Waals surface area contributed by atoms with E-state index in [4.69, 9.17) is 14.2 Å². The molecule has 0 aliphatic rings. The van der Waals surface area contributed by atoms with Gasteiger partial charge in [-0.25, -0.2) is 4.98 Å². The molecule has 5 nitrogen and oxygen atoms in total. The molecule has 1 aromatic heterocycles. The van der Waals surface area contributed by atoms with Crippen molar-refractivity contribution >= 4 is 17.2 Å². The highest BCUT2D eigenvalue weighted by atomic mass is 16.5. The van der Waals surface area contributed by atoms with Crippen molar-refractivity contribution < 1.29 is 19.0 Å². The van der Waals surface area contributed by atoms with Crippen molar-refractivity contribution in [1.29, 1.82) is 0 Å². The number of pyridine rings is 1. The number of hydrogen-bond acceptors (Lipinski definition) is 5. The van der Waals surface area contributed by atoms with E-state index in [0.717, 1.165) is 5.39 Å². The molecule has 0 aliphatic heterocycles. The Balaban J connectivity index is 2.84. The smallest absolute Gasteiger partial charge is 0.172 e. The second-order valence-electron chi connectivity index (χ2n) is 3.56. The summed E-state index contributed by atoms with van der Waals surface area (Å²) in [5.41, 5.74) is 0.802. The van der Waals surface area contributed by atoms with Crippen molar-refractivity contribution in [1.82, 2.24) is 4.98 Å². The van der Waals surface area contributed by atoms with E-state index >= 15 is 0 Å². The minimum atomic E-state index is 0.233. The molecule has 0 N–H and O–H groups in total. The maximum Gasteiger partial charge on any atom is 0.172 e. The van der Waals surface area contributed by atoms with Gasteiger partial charge in [0.05, 0.1) is 21.3 Å². The molecular formula is C13H13NO4.